The zero-order valence-electron chi connectivity index (χ0n) is 33.8. The van der Waals surface area contributed by atoms with E-state index in [4.69, 9.17) is 44.3 Å². The lowest BCUT2D eigenvalue weighted by atomic mass is 9.93. The van der Waals surface area contributed by atoms with Crippen molar-refractivity contribution in [2.75, 3.05) is 19.6 Å². The van der Waals surface area contributed by atoms with Crippen LogP contribution in [-0.4, -0.2) is 130 Å². The number of carboxylic acid groups (broad SMARTS) is 4. The Morgan fingerprint density at radius 1 is 0.821 bits per heavy atom. The quantitative estimate of drug-likeness (QED) is 0.0864. The number of aromatic nitrogens is 5. The summed E-state index contributed by atoms with van der Waals surface area (Å²) in [5.41, 5.74) is 3.42. The smallest absolute Gasteiger partial charge is 0.490 e. The van der Waals surface area contributed by atoms with Crippen LogP contribution in [0.2, 0.25) is 0 Å². The number of nitrogens with one attached hydrogen (secondary N) is 2. The van der Waals surface area contributed by atoms with E-state index in [2.05, 4.69) is 36.3 Å². The normalized spacial score (nSPS) is 15.0. The van der Waals surface area contributed by atoms with Gasteiger partial charge in [0.15, 0.2) is 0 Å². The third kappa shape index (κ3) is 20.1. The Morgan fingerprint density at radius 2 is 1.34 bits per heavy atom. The van der Waals surface area contributed by atoms with E-state index in [9.17, 15) is 62.3 Å². The molecule has 0 spiro atoms. The Hall–Kier alpha value is -6.77. The highest BCUT2D eigenvalue weighted by Gasteiger charge is 2.40. The number of aliphatic carboxylic acids is 4. The highest BCUT2D eigenvalue weighted by Crippen LogP contribution is 2.28. The molecule has 1 saturated heterocycles. The second-order valence-electron chi connectivity index (χ2n) is 13.8. The molecule has 0 radical (unpaired) electrons. The number of likely N-dealkylation sites (tertiary alicyclic amines) is 1. The Bertz CT molecular complexity index is 2180. The van der Waals surface area contributed by atoms with Crippen LogP contribution in [0.5, 0.6) is 5.75 Å². The van der Waals surface area contributed by atoms with Crippen molar-refractivity contribution in [2.24, 2.45) is 0 Å². The number of fused-ring (bicyclic) bond motifs is 1. The van der Waals surface area contributed by atoms with Crippen molar-refractivity contribution in [1.82, 2.24) is 34.9 Å². The Balaban J connectivity index is 0.000000447. The molecule has 0 amide bonds. The van der Waals surface area contributed by atoms with Gasteiger partial charge in [-0.25, -0.2) is 33.5 Å². The van der Waals surface area contributed by atoms with Gasteiger partial charge in [0.1, 0.15) is 29.6 Å². The molecule has 3 aromatic heterocycles. The van der Waals surface area contributed by atoms with Crippen LogP contribution in [0.1, 0.15) is 50.1 Å². The van der Waals surface area contributed by atoms with Gasteiger partial charge in [-0.3, -0.25) is 4.68 Å². The largest absolute Gasteiger partial charge is 0.490 e. The van der Waals surface area contributed by atoms with Gasteiger partial charge in [-0.05, 0) is 49.4 Å². The maximum Gasteiger partial charge on any atom is 0.490 e. The van der Waals surface area contributed by atoms with Gasteiger partial charge in [-0.15, -0.1) is 0 Å². The lowest BCUT2D eigenvalue weighted by molar-refractivity contribution is -0.193. The van der Waals surface area contributed by atoms with Crippen LogP contribution in [0.3, 0.4) is 0 Å². The number of rotatable bonds is 10. The molecule has 1 saturated carbocycles. The monoisotopic (exact) mass is 984 g/mol. The summed E-state index contributed by atoms with van der Waals surface area (Å²) in [4.78, 5) is 49.8. The third-order valence-electron chi connectivity index (χ3n) is 8.84. The number of alkyl halides is 12. The third-order valence-corrected chi connectivity index (χ3v) is 8.84. The van der Waals surface area contributed by atoms with E-state index in [1.807, 2.05) is 29.2 Å². The molecule has 4 heterocycles. The molecule has 30 heteroatoms. The van der Waals surface area contributed by atoms with E-state index in [0.29, 0.717) is 24.8 Å². The predicted molar refractivity (Wildman–Crippen MR) is 200 cm³/mol. The Morgan fingerprint density at radius 3 is 1.81 bits per heavy atom. The SMILES string of the molecule is N#CCC(CN1CCC(Oc2cc(F)cc(CNC3CCC3)c2)CC1)n1cc(-c2ncnc3[nH]ccc23)cn1.O=C(O)C(F)(F)F.O=C(O)C(F)(F)F.O=C(O)C(F)(F)F.O=C(O)C(F)(F)F. The predicted octanol–water partition coefficient (Wildman–Crippen LogP) is 7.13. The molecule has 17 nitrogen and oxygen atoms in total. The minimum atomic E-state index is -5.08. The fourth-order valence-corrected chi connectivity index (χ4v) is 5.48. The molecule has 2 aliphatic rings. The molecule has 6 rings (SSSR count). The van der Waals surface area contributed by atoms with Crippen molar-refractivity contribution in [3.05, 3.63) is 60.6 Å². The summed E-state index contributed by atoms with van der Waals surface area (Å²) in [6.45, 7) is 3.09. The van der Waals surface area contributed by atoms with Crippen LogP contribution in [0.15, 0.2) is 49.2 Å². The second kappa shape index (κ2) is 24.7. The van der Waals surface area contributed by atoms with E-state index in [1.54, 1.807) is 18.6 Å². The summed E-state index contributed by atoms with van der Waals surface area (Å²) in [5, 5.41) is 47.0. The molecule has 1 aliphatic heterocycles. The molecule has 4 aromatic rings. The van der Waals surface area contributed by atoms with Crippen molar-refractivity contribution in [3.8, 4) is 23.1 Å². The molecular weight excluding hydrogens is 947 g/mol. The average molecular weight is 985 g/mol. The number of hydrogen-bond acceptors (Lipinski definition) is 11. The van der Waals surface area contributed by atoms with Gasteiger partial charge < -0.3 is 40.4 Å². The number of nitrogens with zero attached hydrogens (tertiary/aromatic N) is 6. The van der Waals surface area contributed by atoms with Gasteiger partial charge in [-0.1, -0.05) is 6.42 Å². The molecule has 2 fully saturated rings. The Kier molecular flexibility index (Phi) is 20.8. The fourth-order valence-electron chi connectivity index (χ4n) is 5.48. The van der Waals surface area contributed by atoms with E-state index in [0.717, 1.165) is 60.3 Å². The first kappa shape index (κ1) is 56.4. The van der Waals surface area contributed by atoms with Crippen molar-refractivity contribution in [3.63, 3.8) is 0 Å². The lowest BCUT2D eigenvalue weighted by Gasteiger charge is -2.34. The maximum atomic E-state index is 14.3. The standard InChI is InChI=1S/C29H33FN8O.4C2HF3O2/c30-22-12-20(15-33-23-2-1-3-23)13-26(14-22)39-25-6-10-37(11-7-25)18-24(4-8-31)38-17-21(16-36-38)28-27-5-9-32-29(27)35-19-34-28;4*3-2(4,5)1(6)7/h5,9,12-14,16-17,19,23-25,33H,1-4,6-7,10-11,15,18H2,(H,32,34,35);4*(H,6,7). The van der Waals surface area contributed by atoms with E-state index in [-0.39, 0.29) is 18.0 Å². The van der Waals surface area contributed by atoms with Crippen molar-refractivity contribution >= 4 is 34.9 Å². The van der Waals surface area contributed by atoms with Gasteiger partial charge in [0.25, 0.3) is 0 Å². The number of ether oxygens (including phenoxy) is 1. The van der Waals surface area contributed by atoms with E-state index < -0.39 is 48.6 Å². The summed E-state index contributed by atoms with van der Waals surface area (Å²) < 4.78 is 149. The van der Waals surface area contributed by atoms with Crippen molar-refractivity contribution < 1.29 is 101 Å². The van der Waals surface area contributed by atoms with Crippen LogP contribution >= 0.6 is 0 Å². The molecule has 370 valence electrons. The van der Waals surface area contributed by atoms with Gasteiger partial charge >= 0.3 is 48.6 Å². The van der Waals surface area contributed by atoms with Gasteiger partial charge in [-0.2, -0.15) is 63.0 Å². The van der Waals surface area contributed by atoms with Crippen LogP contribution in [0.4, 0.5) is 57.1 Å². The van der Waals surface area contributed by atoms with Crippen molar-refractivity contribution in [2.45, 2.75) is 88.0 Å². The topological polar surface area (TPSA) is 257 Å². The average Bonchev–Trinajstić information content (AvgIpc) is 3.88. The van der Waals surface area contributed by atoms with Crippen LogP contribution in [0.25, 0.3) is 22.3 Å². The van der Waals surface area contributed by atoms with Gasteiger partial charge in [0.05, 0.1) is 30.4 Å². The first-order valence-corrected chi connectivity index (χ1v) is 18.7. The first-order valence-electron chi connectivity index (χ1n) is 18.7. The molecule has 1 aromatic carbocycles. The second-order valence-corrected chi connectivity index (χ2v) is 13.8. The van der Waals surface area contributed by atoms with Crippen LogP contribution < -0.4 is 10.1 Å². The summed E-state index contributed by atoms with van der Waals surface area (Å²) >= 11 is 0. The molecule has 1 unspecified atom stereocenters. The van der Waals surface area contributed by atoms with E-state index >= 15 is 0 Å². The van der Waals surface area contributed by atoms with Crippen molar-refractivity contribution in [1.29, 1.82) is 5.26 Å². The number of carboxylic acids is 4. The fraction of sp³-hybridized carbons (Fsp3) is 0.459. The van der Waals surface area contributed by atoms with Crippen LogP contribution in [-0.2, 0) is 25.7 Å². The van der Waals surface area contributed by atoms with Crippen LogP contribution in [0, 0.1) is 17.1 Å². The van der Waals surface area contributed by atoms with E-state index in [1.165, 1.54) is 25.3 Å². The minimum absolute atomic E-state index is 0.0442. The molecular formula is C37H37F13N8O9. The molecule has 6 N–H and O–H groups in total. The summed E-state index contributed by atoms with van der Waals surface area (Å²) in [7, 11) is 0. The number of H-pyrrole nitrogens is 1. The number of nitriles is 1. The zero-order valence-corrected chi connectivity index (χ0v) is 33.8. The van der Waals surface area contributed by atoms with Gasteiger partial charge in [0, 0.05) is 61.6 Å². The Labute approximate surface area is 367 Å². The summed E-state index contributed by atoms with van der Waals surface area (Å²) in [6, 6.07) is 9.79. The highest BCUT2D eigenvalue weighted by molar-refractivity contribution is 5.90. The number of carbonyl (C=O) groups is 4. The highest BCUT2D eigenvalue weighted by atomic mass is 19.4. The first-order chi connectivity index (χ1) is 30.9. The molecule has 0 bridgehead atoms. The molecule has 1 aliphatic carbocycles. The summed E-state index contributed by atoms with van der Waals surface area (Å²) in [5.74, 6) is -10.7. The number of benzene rings is 1. The minimum Gasteiger partial charge on any atom is -0.490 e. The lowest BCUT2D eigenvalue weighted by Crippen LogP contribution is -2.41. The number of halogens is 13. The molecule has 67 heavy (non-hydrogen) atoms. The van der Waals surface area contributed by atoms with Gasteiger partial charge in [0.2, 0.25) is 0 Å². The number of hydrogen-bond donors (Lipinski definition) is 6. The zero-order chi connectivity index (χ0) is 50.9. The number of piperidine rings is 1. The maximum absolute atomic E-state index is 14.3. The number of aromatic amines is 1. The summed E-state index contributed by atoms with van der Waals surface area (Å²) in [6.07, 6.45) is -7.40. The molecule has 1 atom stereocenters.